The molecule has 2 nitrogen and oxygen atoms in total. The Kier molecular flexibility index (Phi) is 2.97. The minimum Gasteiger partial charge on any atom is -0.387 e. The minimum absolute atomic E-state index is 1.08. The van der Waals surface area contributed by atoms with E-state index in [1.165, 1.54) is 9.28 Å². The van der Waals surface area contributed by atoms with Gasteiger partial charge in [0.1, 0.15) is 0 Å². The third kappa shape index (κ3) is 2.12. The van der Waals surface area contributed by atoms with E-state index in [4.69, 9.17) is 0 Å². The van der Waals surface area contributed by atoms with Gasteiger partial charge in [0, 0.05) is 28.9 Å². The van der Waals surface area contributed by atoms with Gasteiger partial charge >= 0.3 is 0 Å². The summed E-state index contributed by atoms with van der Waals surface area (Å²) in [6.07, 6.45) is 0. The van der Waals surface area contributed by atoms with E-state index in [1.54, 1.807) is 0 Å². The predicted molar refractivity (Wildman–Crippen MR) is 52.2 cm³/mol. The molecular weight excluding hydrogens is 239 g/mol. The van der Waals surface area contributed by atoms with Crippen molar-refractivity contribution in [3.8, 4) is 0 Å². The van der Waals surface area contributed by atoms with Crippen molar-refractivity contribution in [2.75, 3.05) is 26.7 Å². The maximum atomic E-state index is 3.36. The molecule has 10 heavy (non-hydrogen) atoms. The van der Waals surface area contributed by atoms with E-state index < -0.39 is 0 Å². The Hall–Kier alpha value is 0.230. The molecule has 1 N–H and O–H groups in total. The van der Waals surface area contributed by atoms with Crippen LogP contribution in [0.25, 0.3) is 0 Å². The molecule has 1 rings (SSSR count). The summed E-state index contributed by atoms with van der Waals surface area (Å²) in [5.41, 5.74) is 1.34. The first kappa shape index (κ1) is 8.33. The molecule has 58 valence electrons. The minimum atomic E-state index is 1.08. The van der Waals surface area contributed by atoms with Crippen molar-refractivity contribution in [3.05, 3.63) is 9.28 Å². The molecule has 0 fully saturated rings. The normalized spacial score (nSPS) is 22.3. The summed E-state index contributed by atoms with van der Waals surface area (Å²) >= 11 is 2.40. The van der Waals surface area contributed by atoms with Gasteiger partial charge in [-0.25, -0.2) is 0 Å². The highest BCUT2D eigenvalue weighted by atomic mass is 127. The van der Waals surface area contributed by atoms with Crippen molar-refractivity contribution < 1.29 is 0 Å². The van der Waals surface area contributed by atoms with E-state index in [1.807, 2.05) is 0 Å². The highest BCUT2D eigenvalue weighted by Crippen LogP contribution is 2.13. The van der Waals surface area contributed by atoms with Crippen molar-refractivity contribution in [2.45, 2.75) is 6.92 Å². The van der Waals surface area contributed by atoms with Crippen LogP contribution in [0.1, 0.15) is 6.92 Å². The molecule has 0 spiro atoms. The molecule has 1 aliphatic heterocycles. The molecule has 0 aromatic heterocycles. The Labute approximate surface area is 75.8 Å². The molecule has 0 radical (unpaired) electrons. The summed E-state index contributed by atoms with van der Waals surface area (Å²) in [4.78, 5) is 2.32. The van der Waals surface area contributed by atoms with E-state index in [-0.39, 0.29) is 0 Å². The first-order chi connectivity index (χ1) is 4.70. The molecule has 0 bridgehead atoms. The van der Waals surface area contributed by atoms with Crippen LogP contribution in [0, 0.1) is 0 Å². The Morgan fingerprint density at radius 2 is 2.30 bits per heavy atom. The van der Waals surface area contributed by atoms with Crippen LogP contribution in [0.15, 0.2) is 9.28 Å². The van der Waals surface area contributed by atoms with Gasteiger partial charge in [0.15, 0.2) is 0 Å². The maximum Gasteiger partial charge on any atom is 0.0306 e. The lowest BCUT2D eigenvalue weighted by Gasteiger charge is -2.11. The van der Waals surface area contributed by atoms with Crippen LogP contribution in [0.3, 0.4) is 0 Å². The number of allylic oxidation sites excluding steroid dienone is 1. The fraction of sp³-hybridized carbons (Fsp3) is 0.714. The quantitative estimate of drug-likeness (QED) is 0.651. The first-order valence-corrected chi connectivity index (χ1v) is 4.55. The van der Waals surface area contributed by atoms with Crippen molar-refractivity contribution >= 4 is 22.6 Å². The van der Waals surface area contributed by atoms with Crippen LogP contribution in [-0.4, -0.2) is 31.6 Å². The standard InChI is InChI=1S/C7H13IN2/c1-6-7(8)5-10(2)4-3-9-6/h9H,3-5H2,1-2H3. The third-order valence-electron chi connectivity index (χ3n) is 1.70. The smallest absolute Gasteiger partial charge is 0.0306 e. The van der Waals surface area contributed by atoms with Gasteiger partial charge in [-0.3, -0.25) is 4.90 Å². The Balaban J connectivity index is 2.61. The third-order valence-corrected chi connectivity index (χ3v) is 2.85. The second-order valence-electron chi connectivity index (χ2n) is 2.69. The van der Waals surface area contributed by atoms with Crippen molar-refractivity contribution in [1.82, 2.24) is 10.2 Å². The Morgan fingerprint density at radius 1 is 1.60 bits per heavy atom. The molecular formula is C7H13IN2. The summed E-state index contributed by atoms with van der Waals surface area (Å²) in [5, 5.41) is 3.36. The SMILES string of the molecule is CC1=C(I)CN(C)CCN1. The number of hydrogen-bond donors (Lipinski definition) is 1. The highest BCUT2D eigenvalue weighted by molar-refractivity contribution is 14.1. The van der Waals surface area contributed by atoms with Crippen molar-refractivity contribution in [3.63, 3.8) is 0 Å². The van der Waals surface area contributed by atoms with Gasteiger partial charge in [0.05, 0.1) is 0 Å². The van der Waals surface area contributed by atoms with Gasteiger partial charge in [-0.1, -0.05) is 0 Å². The van der Waals surface area contributed by atoms with Gasteiger partial charge in [-0.05, 0) is 36.6 Å². The molecule has 0 saturated carbocycles. The summed E-state index contributed by atoms with van der Waals surface area (Å²) in [6, 6.07) is 0. The number of nitrogens with zero attached hydrogens (tertiary/aromatic N) is 1. The number of nitrogens with one attached hydrogen (secondary N) is 1. The lowest BCUT2D eigenvalue weighted by atomic mass is 10.4. The lowest BCUT2D eigenvalue weighted by molar-refractivity contribution is 0.380. The number of hydrogen-bond acceptors (Lipinski definition) is 2. The first-order valence-electron chi connectivity index (χ1n) is 3.48. The van der Waals surface area contributed by atoms with Crippen molar-refractivity contribution in [1.29, 1.82) is 0 Å². The molecule has 0 aliphatic carbocycles. The van der Waals surface area contributed by atoms with Crippen molar-refractivity contribution in [2.24, 2.45) is 0 Å². The second-order valence-corrected chi connectivity index (χ2v) is 4.00. The van der Waals surface area contributed by atoms with Gasteiger partial charge in [0.25, 0.3) is 0 Å². The van der Waals surface area contributed by atoms with Crippen LogP contribution in [0.5, 0.6) is 0 Å². The van der Waals surface area contributed by atoms with Crippen LogP contribution in [0.4, 0.5) is 0 Å². The van der Waals surface area contributed by atoms with Gasteiger partial charge in [-0.2, -0.15) is 0 Å². The predicted octanol–water partition coefficient (Wildman–Crippen LogP) is 1.19. The monoisotopic (exact) mass is 252 g/mol. The average Bonchev–Trinajstić information content (AvgIpc) is 1.96. The number of likely N-dealkylation sites (N-methyl/N-ethyl adjacent to an activating group) is 1. The summed E-state index contributed by atoms with van der Waals surface area (Å²) in [6.45, 7) is 5.46. The topological polar surface area (TPSA) is 15.3 Å². The van der Waals surface area contributed by atoms with Crippen LogP contribution in [0.2, 0.25) is 0 Å². The zero-order chi connectivity index (χ0) is 7.56. The fourth-order valence-corrected chi connectivity index (χ4v) is 1.74. The largest absolute Gasteiger partial charge is 0.387 e. The van der Waals surface area contributed by atoms with E-state index in [9.17, 15) is 0 Å². The lowest BCUT2D eigenvalue weighted by Crippen LogP contribution is -2.24. The van der Waals surface area contributed by atoms with E-state index in [0.717, 1.165) is 19.6 Å². The van der Waals surface area contributed by atoms with Crippen LogP contribution < -0.4 is 5.32 Å². The number of rotatable bonds is 0. The zero-order valence-electron chi connectivity index (χ0n) is 6.45. The maximum absolute atomic E-state index is 3.36. The van der Waals surface area contributed by atoms with E-state index >= 15 is 0 Å². The second kappa shape index (κ2) is 3.57. The van der Waals surface area contributed by atoms with Gasteiger partial charge in [-0.15, -0.1) is 0 Å². The summed E-state index contributed by atoms with van der Waals surface area (Å²) in [7, 11) is 2.15. The Morgan fingerprint density at radius 3 is 3.00 bits per heavy atom. The zero-order valence-corrected chi connectivity index (χ0v) is 8.60. The van der Waals surface area contributed by atoms with E-state index in [0.29, 0.717) is 0 Å². The molecule has 0 atom stereocenters. The molecule has 0 amide bonds. The fourth-order valence-electron chi connectivity index (χ4n) is 0.965. The summed E-state index contributed by atoms with van der Waals surface area (Å²) in [5.74, 6) is 0. The van der Waals surface area contributed by atoms with Gasteiger partial charge < -0.3 is 5.32 Å². The number of halogens is 1. The molecule has 3 heteroatoms. The average molecular weight is 252 g/mol. The Bertz CT molecular complexity index is 154. The molecule has 1 aliphatic rings. The van der Waals surface area contributed by atoms with Crippen LogP contribution >= 0.6 is 22.6 Å². The van der Waals surface area contributed by atoms with E-state index in [2.05, 4.69) is 46.8 Å². The summed E-state index contributed by atoms with van der Waals surface area (Å²) < 4.78 is 1.43. The molecule has 0 aromatic rings. The highest BCUT2D eigenvalue weighted by Gasteiger charge is 2.07. The molecule has 0 saturated heterocycles. The molecule has 1 heterocycles. The van der Waals surface area contributed by atoms with Gasteiger partial charge in [0.2, 0.25) is 0 Å². The molecule has 0 aromatic carbocycles. The van der Waals surface area contributed by atoms with Crippen LogP contribution in [-0.2, 0) is 0 Å². The molecule has 0 unspecified atom stereocenters.